The van der Waals surface area contributed by atoms with Crippen LogP contribution in [0.4, 0.5) is 0 Å². The SMILES string of the molecule is CS(=O)(=O)c1cccc(C(=O)Cc2cnc(-n3cccn3)[nH]c2=O)c1. The number of aromatic nitrogens is 4. The molecule has 128 valence electrons. The van der Waals surface area contributed by atoms with Crippen molar-refractivity contribution in [2.45, 2.75) is 11.3 Å². The molecule has 0 saturated heterocycles. The second-order valence-electron chi connectivity index (χ2n) is 5.41. The average Bonchev–Trinajstić information content (AvgIpc) is 3.10. The molecule has 1 aromatic carbocycles. The molecule has 0 saturated carbocycles. The van der Waals surface area contributed by atoms with Gasteiger partial charge in [-0.15, -0.1) is 0 Å². The number of carbonyl (C=O) groups excluding carboxylic acids is 1. The molecule has 8 nitrogen and oxygen atoms in total. The molecule has 0 fully saturated rings. The Balaban J connectivity index is 1.85. The Morgan fingerprint density at radius 3 is 2.72 bits per heavy atom. The van der Waals surface area contributed by atoms with Crippen molar-refractivity contribution in [2.75, 3.05) is 6.26 Å². The van der Waals surface area contributed by atoms with E-state index in [1.165, 1.54) is 35.1 Å². The summed E-state index contributed by atoms with van der Waals surface area (Å²) in [7, 11) is -3.41. The second-order valence-corrected chi connectivity index (χ2v) is 7.43. The normalized spacial score (nSPS) is 11.4. The monoisotopic (exact) mass is 358 g/mol. The first-order chi connectivity index (χ1) is 11.8. The Kier molecular flexibility index (Phi) is 4.32. The van der Waals surface area contributed by atoms with E-state index in [0.29, 0.717) is 0 Å². The zero-order valence-electron chi connectivity index (χ0n) is 13.2. The Labute approximate surface area is 143 Å². The highest BCUT2D eigenvalue weighted by atomic mass is 32.2. The molecule has 0 aliphatic carbocycles. The van der Waals surface area contributed by atoms with Crippen molar-refractivity contribution in [2.24, 2.45) is 0 Å². The first kappa shape index (κ1) is 16.8. The summed E-state index contributed by atoms with van der Waals surface area (Å²) >= 11 is 0. The molecule has 0 radical (unpaired) electrons. The van der Waals surface area contributed by atoms with Crippen LogP contribution in [0.2, 0.25) is 0 Å². The van der Waals surface area contributed by atoms with Crippen LogP contribution in [-0.2, 0) is 16.3 Å². The van der Waals surface area contributed by atoms with E-state index in [4.69, 9.17) is 0 Å². The summed E-state index contributed by atoms with van der Waals surface area (Å²) in [6, 6.07) is 7.41. The Morgan fingerprint density at radius 1 is 1.28 bits per heavy atom. The summed E-state index contributed by atoms with van der Waals surface area (Å²) in [5.41, 5.74) is -0.0442. The molecule has 0 spiro atoms. The van der Waals surface area contributed by atoms with Crippen LogP contribution >= 0.6 is 0 Å². The highest BCUT2D eigenvalue weighted by Crippen LogP contribution is 2.13. The van der Waals surface area contributed by atoms with E-state index in [1.54, 1.807) is 18.5 Å². The van der Waals surface area contributed by atoms with Gasteiger partial charge < -0.3 is 0 Å². The Bertz CT molecular complexity index is 1090. The van der Waals surface area contributed by atoms with Gasteiger partial charge in [-0.2, -0.15) is 5.10 Å². The van der Waals surface area contributed by atoms with Crippen molar-refractivity contribution < 1.29 is 13.2 Å². The molecule has 3 aromatic rings. The van der Waals surface area contributed by atoms with Gasteiger partial charge in [0, 0.05) is 42.4 Å². The standard InChI is InChI=1S/C16H14N4O4S/c1-25(23,24)13-5-2-4-11(8-13)14(21)9-12-10-17-16(19-15(12)22)20-7-3-6-18-20/h2-8,10H,9H2,1H3,(H,17,19,22). The van der Waals surface area contributed by atoms with Gasteiger partial charge in [0.1, 0.15) is 0 Å². The fraction of sp³-hybridized carbons (Fsp3) is 0.125. The van der Waals surface area contributed by atoms with Crippen LogP contribution in [-0.4, -0.2) is 40.2 Å². The Morgan fingerprint density at radius 2 is 2.08 bits per heavy atom. The number of rotatable bonds is 5. The molecule has 1 N–H and O–H groups in total. The van der Waals surface area contributed by atoms with Gasteiger partial charge in [-0.3, -0.25) is 14.6 Å². The lowest BCUT2D eigenvalue weighted by atomic mass is 10.1. The number of hydrogen-bond acceptors (Lipinski definition) is 6. The van der Waals surface area contributed by atoms with E-state index in [2.05, 4.69) is 15.1 Å². The zero-order chi connectivity index (χ0) is 18.0. The van der Waals surface area contributed by atoms with Crippen LogP contribution < -0.4 is 5.56 Å². The molecule has 25 heavy (non-hydrogen) atoms. The van der Waals surface area contributed by atoms with E-state index < -0.39 is 15.4 Å². The van der Waals surface area contributed by atoms with Crippen LogP contribution in [0, 0.1) is 0 Å². The summed E-state index contributed by atoms with van der Waals surface area (Å²) in [4.78, 5) is 31.2. The van der Waals surface area contributed by atoms with Crippen molar-refractivity contribution in [1.82, 2.24) is 19.7 Å². The van der Waals surface area contributed by atoms with Gasteiger partial charge in [-0.25, -0.2) is 18.1 Å². The van der Waals surface area contributed by atoms with Gasteiger partial charge in [0.15, 0.2) is 15.6 Å². The molecular weight excluding hydrogens is 344 g/mol. The number of nitrogens with one attached hydrogen (secondary N) is 1. The molecule has 2 heterocycles. The number of H-pyrrole nitrogens is 1. The fourth-order valence-electron chi connectivity index (χ4n) is 2.22. The largest absolute Gasteiger partial charge is 0.294 e. The highest BCUT2D eigenvalue weighted by molar-refractivity contribution is 7.90. The molecule has 0 aliphatic rings. The first-order valence-electron chi connectivity index (χ1n) is 7.26. The van der Waals surface area contributed by atoms with E-state index >= 15 is 0 Å². The summed E-state index contributed by atoms with van der Waals surface area (Å²) in [5.74, 6) is -0.130. The fourth-order valence-corrected chi connectivity index (χ4v) is 2.89. The predicted molar refractivity (Wildman–Crippen MR) is 89.6 cm³/mol. The van der Waals surface area contributed by atoms with Gasteiger partial charge in [-0.05, 0) is 18.2 Å². The van der Waals surface area contributed by atoms with E-state index in [9.17, 15) is 18.0 Å². The molecule has 0 unspecified atom stereocenters. The third kappa shape index (κ3) is 3.72. The Hall–Kier alpha value is -3.07. The van der Waals surface area contributed by atoms with E-state index in [1.807, 2.05) is 0 Å². The van der Waals surface area contributed by atoms with Crippen molar-refractivity contribution in [3.63, 3.8) is 0 Å². The number of hydrogen-bond donors (Lipinski definition) is 1. The molecule has 0 amide bonds. The smallest absolute Gasteiger partial charge is 0.255 e. The maximum atomic E-state index is 12.4. The quantitative estimate of drug-likeness (QED) is 0.674. The molecule has 0 aliphatic heterocycles. The van der Waals surface area contributed by atoms with Gasteiger partial charge in [0.25, 0.3) is 5.56 Å². The number of nitrogens with zero attached hydrogens (tertiary/aromatic N) is 3. The van der Waals surface area contributed by atoms with Gasteiger partial charge in [-0.1, -0.05) is 12.1 Å². The number of sulfone groups is 1. The summed E-state index contributed by atoms with van der Waals surface area (Å²) in [6.07, 6.45) is 5.37. The number of ketones is 1. The summed E-state index contributed by atoms with van der Waals surface area (Å²) in [6.45, 7) is 0. The number of Topliss-reactive ketones (excluding diaryl/α,β-unsaturated/α-hetero) is 1. The van der Waals surface area contributed by atoms with Crippen molar-refractivity contribution in [3.05, 3.63) is 70.4 Å². The molecular formula is C16H14N4O4S. The first-order valence-corrected chi connectivity index (χ1v) is 9.15. The van der Waals surface area contributed by atoms with E-state index in [0.717, 1.165) is 6.26 Å². The molecule has 2 aromatic heterocycles. The minimum absolute atomic E-state index is 0.0550. The van der Waals surface area contributed by atoms with Gasteiger partial charge in [0.05, 0.1) is 4.90 Å². The zero-order valence-corrected chi connectivity index (χ0v) is 14.0. The number of carbonyl (C=O) groups is 1. The van der Waals surface area contributed by atoms with Crippen LogP contribution in [0.1, 0.15) is 15.9 Å². The second kappa shape index (κ2) is 6.44. The van der Waals surface area contributed by atoms with Crippen molar-refractivity contribution in [3.8, 4) is 5.95 Å². The maximum Gasteiger partial charge on any atom is 0.255 e. The highest BCUT2D eigenvalue weighted by Gasteiger charge is 2.14. The van der Waals surface area contributed by atoms with Gasteiger partial charge in [0.2, 0.25) is 5.95 Å². The summed E-state index contributed by atoms with van der Waals surface area (Å²) < 4.78 is 24.6. The third-order valence-corrected chi connectivity index (χ3v) is 4.63. The number of aromatic amines is 1. The van der Waals surface area contributed by atoms with Crippen molar-refractivity contribution in [1.29, 1.82) is 0 Å². The lowest BCUT2D eigenvalue weighted by molar-refractivity contribution is 0.0992. The minimum atomic E-state index is -3.41. The van der Waals surface area contributed by atoms with E-state index in [-0.39, 0.29) is 34.2 Å². The third-order valence-electron chi connectivity index (χ3n) is 3.52. The molecule has 0 bridgehead atoms. The summed E-state index contributed by atoms with van der Waals surface area (Å²) in [5, 5.41) is 3.96. The molecule has 3 rings (SSSR count). The molecule has 0 atom stereocenters. The van der Waals surface area contributed by atoms with Gasteiger partial charge >= 0.3 is 0 Å². The predicted octanol–water partition coefficient (Wildman–Crippen LogP) is 0.784. The van der Waals surface area contributed by atoms with Crippen molar-refractivity contribution >= 4 is 15.6 Å². The minimum Gasteiger partial charge on any atom is -0.294 e. The topological polar surface area (TPSA) is 115 Å². The van der Waals surface area contributed by atoms with Crippen LogP contribution in [0.15, 0.2) is 58.6 Å². The molecule has 9 heteroatoms. The maximum absolute atomic E-state index is 12.4. The van der Waals surface area contributed by atoms with Crippen LogP contribution in [0.3, 0.4) is 0 Å². The number of benzene rings is 1. The lowest BCUT2D eigenvalue weighted by Gasteiger charge is -2.05. The van der Waals surface area contributed by atoms with Crippen LogP contribution in [0.25, 0.3) is 5.95 Å². The van der Waals surface area contributed by atoms with Crippen LogP contribution in [0.5, 0.6) is 0 Å². The lowest BCUT2D eigenvalue weighted by Crippen LogP contribution is -2.20. The average molecular weight is 358 g/mol.